The van der Waals surface area contributed by atoms with E-state index < -0.39 is 0 Å². The summed E-state index contributed by atoms with van der Waals surface area (Å²) in [4.78, 5) is 0. The minimum absolute atomic E-state index is 0.218. The molecule has 0 aromatic heterocycles. The van der Waals surface area contributed by atoms with Crippen LogP contribution in [-0.2, 0) is 0 Å². The highest BCUT2D eigenvalue weighted by Crippen LogP contribution is 2.34. The van der Waals surface area contributed by atoms with Gasteiger partial charge in [-0.3, -0.25) is 0 Å². The Labute approximate surface area is 97.7 Å². The molecule has 88 valence electrons. The Morgan fingerprint density at radius 1 is 1.31 bits per heavy atom. The molecule has 0 radical (unpaired) electrons. The highest BCUT2D eigenvalue weighted by molar-refractivity contribution is 5.37. The van der Waals surface area contributed by atoms with Crippen molar-refractivity contribution < 1.29 is 5.11 Å². The minimum atomic E-state index is 0.218. The first-order valence-electron chi connectivity index (χ1n) is 6.13. The van der Waals surface area contributed by atoms with Gasteiger partial charge in [0.25, 0.3) is 0 Å². The van der Waals surface area contributed by atoms with Crippen LogP contribution in [0, 0.1) is 12.8 Å². The van der Waals surface area contributed by atoms with Crippen molar-refractivity contribution >= 4 is 0 Å². The van der Waals surface area contributed by atoms with Crippen molar-refractivity contribution in [2.45, 2.75) is 45.7 Å². The number of phenols is 1. The van der Waals surface area contributed by atoms with Crippen molar-refractivity contribution in [3.8, 4) is 5.75 Å². The van der Waals surface area contributed by atoms with Gasteiger partial charge in [0.2, 0.25) is 0 Å². The first kappa shape index (κ1) is 11.5. The van der Waals surface area contributed by atoms with Crippen molar-refractivity contribution in [2.24, 2.45) is 5.92 Å². The van der Waals surface area contributed by atoms with Gasteiger partial charge in [0.1, 0.15) is 5.75 Å². The van der Waals surface area contributed by atoms with Gasteiger partial charge in [0, 0.05) is 17.6 Å². The van der Waals surface area contributed by atoms with Gasteiger partial charge in [0.05, 0.1) is 0 Å². The van der Waals surface area contributed by atoms with Crippen LogP contribution in [0.5, 0.6) is 5.75 Å². The monoisotopic (exact) mass is 219 g/mol. The van der Waals surface area contributed by atoms with Gasteiger partial charge >= 0.3 is 0 Å². The number of aryl methyl sites for hydroxylation is 1. The quantitative estimate of drug-likeness (QED) is 0.815. The molecule has 0 heterocycles. The predicted molar refractivity (Wildman–Crippen MR) is 66.6 cm³/mol. The van der Waals surface area contributed by atoms with Crippen molar-refractivity contribution in [3.05, 3.63) is 29.3 Å². The summed E-state index contributed by atoms with van der Waals surface area (Å²) in [5.74, 6) is 1.24. The summed E-state index contributed by atoms with van der Waals surface area (Å²) in [5, 5.41) is 13.4. The highest BCUT2D eigenvalue weighted by Gasteiger charge is 2.29. The fourth-order valence-electron chi connectivity index (χ4n) is 2.24. The lowest BCUT2D eigenvalue weighted by Crippen LogP contribution is -2.30. The summed E-state index contributed by atoms with van der Waals surface area (Å²) < 4.78 is 0. The van der Waals surface area contributed by atoms with Crippen molar-refractivity contribution in [1.82, 2.24) is 5.32 Å². The van der Waals surface area contributed by atoms with Gasteiger partial charge in [-0.1, -0.05) is 17.7 Å². The third kappa shape index (κ3) is 2.56. The molecule has 1 aromatic carbocycles. The molecule has 2 heteroatoms. The predicted octanol–water partition coefficient (Wildman–Crippen LogP) is 3.15. The fraction of sp³-hybridized carbons (Fsp3) is 0.571. The third-order valence-electron chi connectivity index (χ3n) is 3.49. The topological polar surface area (TPSA) is 32.3 Å². The van der Waals surface area contributed by atoms with E-state index in [0.717, 1.165) is 11.5 Å². The molecule has 2 nitrogen and oxygen atoms in total. The van der Waals surface area contributed by atoms with Crippen LogP contribution in [0.15, 0.2) is 18.2 Å². The smallest absolute Gasteiger partial charge is 0.120 e. The van der Waals surface area contributed by atoms with Crippen LogP contribution in [0.4, 0.5) is 0 Å². The Balaban J connectivity index is 2.06. The van der Waals surface area contributed by atoms with Crippen LogP contribution in [0.2, 0.25) is 0 Å². The van der Waals surface area contributed by atoms with Crippen molar-refractivity contribution in [1.29, 1.82) is 0 Å². The molecule has 0 saturated heterocycles. The Morgan fingerprint density at radius 2 is 2.00 bits per heavy atom. The lowest BCUT2D eigenvalue weighted by molar-refractivity contribution is 0.416. The maximum absolute atomic E-state index is 9.83. The lowest BCUT2D eigenvalue weighted by atomic mass is 10.0. The number of phenolic OH excluding ortho intramolecular Hbond substituents is 1. The molecule has 1 aliphatic rings. The second-order valence-electron chi connectivity index (χ2n) is 5.08. The first-order valence-corrected chi connectivity index (χ1v) is 6.13. The van der Waals surface area contributed by atoms with E-state index in [4.69, 9.17) is 0 Å². The number of hydrogen-bond donors (Lipinski definition) is 2. The van der Waals surface area contributed by atoms with E-state index >= 15 is 0 Å². The summed E-state index contributed by atoms with van der Waals surface area (Å²) in [6.07, 6.45) is 2.70. The zero-order chi connectivity index (χ0) is 11.7. The molecular formula is C14H21NO. The molecule has 0 bridgehead atoms. The first-order chi connectivity index (χ1) is 7.58. The Kier molecular flexibility index (Phi) is 3.20. The summed E-state index contributed by atoms with van der Waals surface area (Å²) in [5.41, 5.74) is 2.20. The van der Waals surface area contributed by atoms with E-state index in [1.165, 1.54) is 18.4 Å². The van der Waals surface area contributed by atoms with E-state index in [-0.39, 0.29) is 6.04 Å². The van der Waals surface area contributed by atoms with Gasteiger partial charge in [-0.2, -0.15) is 0 Å². The lowest BCUT2D eigenvalue weighted by Gasteiger charge is -2.21. The number of hydrogen-bond acceptors (Lipinski definition) is 2. The molecule has 1 fully saturated rings. The summed E-state index contributed by atoms with van der Waals surface area (Å²) >= 11 is 0. The molecule has 0 aliphatic heterocycles. The second kappa shape index (κ2) is 4.46. The van der Waals surface area contributed by atoms with Crippen LogP contribution >= 0.6 is 0 Å². The number of aromatic hydroxyl groups is 1. The number of rotatable bonds is 4. The molecule has 1 aliphatic carbocycles. The van der Waals surface area contributed by atoms with Gasteiger partial charge in [-0.15, -0.1) is 0 Å². The Hall–Kier alpha value is -1.02. The van der Waals surface area contributed by atoms with Crippen LogP contribution in [0.1, 0.15) is 43.9 Å². The van der Waals surface area contributed by atoms with Gasteiger partial charge in [0.15, 0.2) is 0 Å². The second-order valence-corrected chi connectivity index (χ2v) is 5.08. The molecule has 0 spiro atoms. The maximum Gasteiger partial charge on any atom is 0.120 e. The largest absolute Gasteiger partial charge is 0.508 e. The van der Waals surface area contributed by atoms with E-state index in [1.54, 1.807) is 6.07 Å². The van der Waals surface area contributed by atoms with Gasteiger partial charge in [-0.25, -0.2) is 0 Å². The van der Waals surface area contributed by atoms with Crippen molar-refractivity contribution in [3.63, 3.8) is 0 Å². The standard InChI is InChI=1S/C14H21NO/c1-9-4-7-14(16)13(8-9)11(3)15-10(2)12-5-6-12/h4,7-8,10-12,15-16H,5-6H2,1-3H3. The summed E-state index contributed by atoms with van der Waals surface area (Å²) in [7, 11) is 0. The van der Waals surface area contributed by atoms with Crippen molar-refractivity contribution in [2.75, 3.05) is 0 Å². The third-order valence-corrected chi connectivity index (χ3v) is 3.49. The molecule has 1 aromatic rings. The van der Waals surface area contributed by atoms with Gasteiger partial charge < -0.3 is 10.4 Å². The average molecular weight is 219 g/mol. The summed E-state index contributed by atoms with van der Waals surface area (Å²) in [6, 6.07) is 6.55. The molecule has 1 saturated carbocycles. The molecule has 0 amide bonds. The van der Waals surface area contributed by atoms with Gasteiger partial charge in [-0.05, 0) is 45.6 Å². The highest BCUT2D eigenvalue weighted by atomic mass is 16.3. The molecule has 2 atom stereocenters. The molecule has 2 rings (SSSR count). The SMILES string of the molecule is Cc1ccc(O)c(C(C)NC(C)C2CC2)c1. The number of nitrogens with one attached hydrogen (secondary N) is 1. The van der Waals surface area contributed by atoms with Crippen LogP contribution in [0.3, 0.4) is 0 Å². The van der Waals surface area contributed by atoms with E-state index in [2.05, 4.69) is 32.2 Å². The van der Waals surface area contributed by atoms with Crippen LogP contribution in [-0.4, -0.2) is 11.1 Å². The normalized spacial score (nSPS) is 19.4. The van der Waals surface area contributed by atoms with E-state index in [0.29, 0.717) is 11.8 Å². The van der Waals surface area contributed by atoms with E-state index in [1.807, 2.05) is 6.07 Å². The molecule has 2 N–H and O–H groups in total. The molecule has 2 unspecified atom stereocenters. The molecular weight excluding hydrogens is 198 g/mol. The zero-order valence-corrected chi connectivity index (χ0v) is 10.3. The molecule has 16 heavy (non-hydrogen) atoms. The van der Waals surface area contributed by atoms with Crippen LogP contribution < -0.4 is 5.32 Å². The van der Waals surface area contributed by atoms with Crippen LogP contribution in [0.25, 0.3) is 0 Å². The summed E-state index contributed by atoms with van der Waals surface area (Å²) in [6.45, 7) is 6.41. The minimum Gasteiger partial charge on any atom is -0.508 e. The van der Waals surface area contributed by atoms with E-state index in [9.17, 15) is 5.11 Å². The Bertz CT molecular complexity index is 371. The maximum atomic E-state index is 9.83. The fourth-order valence-corrected chi connectivity index (χ4v) is 2.24. The zero-order valence-electron chi connectivity index (χ0n) is 10.3. The number of benzene rings is 1. The Morgan fingerprint density at radius 3 is 2.62 bits per heavy atom. The average Bonchev–Trinajstić information content (AvgIpc) is 3.04.